The van der Waals surface area contributed by atoms with Gasteiger partial charge in [0, 0.05) is 17.3 Å². The largest absolute Gasteiger partial charge is 0.367 e. The van der Waals surface area contributed by atoms with Gasteiger partial charge < -0.3 is 21.3 Å². The fourth-order valence-electron chi connectivity index (χ4n) is 3.38. The number of hydrogen-bond donors (Lipinski definition) is 4. The lowest BCUT2D eigenvalue weighted by molar-refractivity contribution is -0.0706. The average molecular weight is 433 g/mol. The number of aliphatic hydroxyl groups is 2. The molecule has 0 saturated heterocycles. The van der Waals surface area contributed by atoms with Crippen LogP contribution in [0.15, 0.2) is 0 Å². The smallest absolute Gasteiger partial charge is 0.167 e. The van der Waals surface area contributed by atoms with Crippen LogP contribution in [0.3, 0.4) is 0 Å². The van der Waals surface area contributed by atoms with E-state index < -0.39 is 6.29 Å². The third-order valence-electron chi connectivity index (χ3n) is 5.29. The van der Waals surface area contributed by atoms with Crippen LogP contribution in [-0.4, -0.2) is 45.6 Å². The number of rotatable bonds is 11. The lowest BCUT2D eigenvalue weighted by Crippen LogP contribution is -2.50. The predicted molar refractivity (Wildman–Crippen MR) is 130 cm³/mol. The van der Waals surface area contributed by atoms with Crippen LogP contribution < -0.4 is 11.1 Å². The van der Waals surface area contributed by atoms with E-state index in [1.165, 1.54) is 70.6 Å². The van der Waals surface area contributed by atoms with Crippen LogP contribution in [0, 0.1) is 5.92 Å². The molecule has 0 aliphatic heterocycles. The fourth-order valence-corrected chi connectivity index (χ4v) is 4.66. The summed E-state index contributed by atoms with van der Waals surface area (Å²) in [4.78, 5) is 0. The van der Waals surface area contributed by atoms with Crippen molar-refractivity contribution in [3.63, 3.8) is 0 Å². The molecule has 2 aliphatic rings. The zero-order chi connectivity index (χ0) is 22.1. The highest BCUT2D eigenvalue weighted by atomic mass is 32.2. The summed E-state index contributed by atoms with van der Waals surface area (Å²) < 4.78 is 0.0332. The van der Waals surface area contributed by atoms with Crippen LogP contribution in [0.4, 0.5) is 0 Å². The highest BCUT2D eigenvalue weighted by Crippen LogP contribution is 2.31. The van der Waals surface area contributed by atoms with Crippen molar-refractivity contribution in [2.75, 3.05) is 12.3 Å². The Balaban J connectivity index is 0.00000113. The lowest BCUT2D eigenvalue weighted by Gasteiger charge is -2.33. The van der Waals surface area contributed by atoms with Gasteiger partial charge >= 0.3 is 0 Å². The molecule has 2 fully saturated rings. The number of nitrogens with two attached hydrogens (primary N) is 1. The highest BCUT2D eigenvalue weighted by Gasteiger charge is 2.28. The van der Waals surface area contributed by atoms with E-state index in [-0.39, 0.29) is 16.8 Å². The summed E-state index contributed by atoms with van der Waals surface area (Å²) in [6.07, 6.45) is 13.9. The first-order valence-electron chi connectivity index (χ1n) is 12.3. The Morgan fingerprint density at radius 3 is 1.97 bits per heavy atom. The minimum Gasteiger partial charge on any atom is -0.367 e. The molecular formula is C24H52N2O2S. The molecule has 0 radical (unpaired) electrons. The summed E-state index contributed by atoms with van der Waals surface area (Å²) in [5, 5.41) is 22.8. The normalized spacial score (nSPS) is 18.9. The molecule has 2 aliphatic carbocycles. The Morgan fingerprint density at radius 1 is 1.00 bits per heavy atom. The molecule has 0 amide bonds. The van der Waals surface area contributed by atoms with Gasteiger partial charge in [0.2, 0.25) is 0 Å². The molecule has 2 saturated carbocycles. The van der Waals surface area contributed by atoms with Gasteiger partial charge in [-0.3, -0.25) is 0 Å². The Bertz CT molecular complexity index is 356. The molecule has 2 unspecified atom stereocenters. The van der Waals surface area contributed by atoms with Gasteiger partial charge in [0.05, 0.1) is 6.04 Å². The Morgan fingerprint density at radius 2 is 1.52 bits per heavy atom. The lowest BCUT2D eigenvalue weighted by atomic mass is 9.84. The van der Waals surface area contributed by atoms with Crippen LogP contribution in [-0.2, 0) is 0 Å². The molecule has 0 aromatic carbocycles. The van der Waals surface area contributed by atoms with Crippen molar-refractivity contribution in [2.45, 2.75) is 135 Å². The standard InChI is InChI=1S/C18H38N2O2S.C3H6.C3H8/c1-4-5-11-23-18(2,3)12-16(17(21)22)20-13-15(19)14-9-7-6-8-10-14;1-2-3-1;1-3-2/h14-17,20-22H,4-13,19H2,1-3H3;1-3H2;3H2,1-2H3. The van der Waals surface area contributed by atoms with Crippen molar-refractivity contribution in [1.82, 2.24) is 5.32 Å². The van der Waals surface area contributed by atoms with Gasteiger partial charge in [-0.25, -0.2) is 0 Å². The van der Waals surface area contributed by atoms with Crippen LogP contribution in [0.5, 0.6) is 0 Å². The van der Waals surface area contributed by atoms with E-state index in [0.717, 1.165) is 12.2 Å². The van der Waals surface area contributed by atoms with E-state index in [4.69, 9.17) is 5.73 Å². The molecule has 0 spiro atoms. The molecular weight excluding hydrogens is 380 g/mol. The van der Waals surface area contributed by atoms with Crippen molar-refractivity contribution in [3.8, 4) is 0 Å². The minimum absolute atomic E-state index is 0.0332. The van der Waals surface area contributed by atoms with Crippen LogP contribution in [0.2, 0.25) is 0 Å². The van der Waals surface area contributed by atoms with Crippen LogP contribution in [0.1, 0.15) is 112 Å². The molecule has 5 heteroatoms. The summed E-state index contributed by atoms with van der Waals surface area (Å²) in [5.74, 6) is 1.71. The van der Waals surface area contributed by atoms with Gasteiger partial charge in [-0.05, 0) is 37.4 Å². The monoisotopic (exact) mass is 432 g/mol. The number of thioether (sulfide) groups is 1. The van der Waals surface area contributed by atoms with Crippen molar-refractivity contribution in [2.24, 2.45) is 11.7 Å². The van der Waals surface area contributed by atoms with Gasteiger partial charge in [0.15, 0.2) is 6.29 Å². The third-order valence-corrected chi connectivity index (χ3v) is 6.73. The first-order chi connectivity index (χ1) is 13.8. The highest BCUT2D eigenvalue weighted by molar-refractivity contribution is 8.00. The predicted octanol–water partition coefficient (Wildman–Crippen LogP) is 5.45. The Kier molecular flexibility index (Phi) is 17.9. The second kappa shape index (κ2) is 17.8. The van der Waals surface area contributed by atoms with Gasteiger partial charge in [0.1, 0.15) is 0 Å². The van der Waals surface area contributed by atoms with Crippen LogP contribution in [0.25, 0.3) is 0 Å². The van der Waals surface area contributed by atoms with Gasteiger partial charge in [-0.2, -0.15) is 11.8 Å². The van der Waals surface area contributed by atoms with Gasteiger partial charge in [0.25, 0.3) is 0 Å². The van der Waals surface area contributed by atoms with Crippen molar-refractivity contribution in [1.29, 1.82) is 0 Å². The summed E-state index contributed by atoms with van der Waals surface area (Å²) in [5.41, 5.74) is 6.33. The second-order valence-electron chi connectivity index (χ2n) is 9.42. The van der Waals surface area contributed by atoms with E-state index in [1.807, 2.05) is 11.8 Å². The summed E-state index contributed by atoms with van der Waals surface area (Å²) in [7, 11) is 0. The third kappa shape index (κ3) is 17.6. The number of unbranched alkanes of at least 4 members (excludes halogenated alkanes) is 1. The molecule has 4 nitrogen and oxygen atoms in total. The molecule has 0 aromatic heterocycles. The van der Waals surface area contributed by atoms with Gasteiger partial charge in [-0.1, -0.05) is 86.0 Å². The first-order valence-corrected chi connectivity index (χ1v) is 13.2. The molecule has 2 rings (SSSR count). The summed E-state index contributed by atoms with van der Waals surface area (Å²) in [6.45, 7) is 11.5. The summed E-state index contributed by atoms with van der Waals surface area (Å²) in [6, 6.07) is -0.193. The number of nitrogens with one attached hydrogen (secondary N) is 1. The SMILES string of the molecule is C1CC1.CCC.CCCCSC(C)(C)CC(NCC(N)C1CCCCC1)C(O)O. The Labute approximate surface area is 186 Å². The van der Waals surface area contributed by atoms with Gasteiger partial charge in [-0.15, -0.1) is 0 Å². The molecule has 0 bridgehead atoms. The van der Waals surface area contributed by atoms with E-state index >= 15 is 0 Å². The van der Waals surface area contributed by atoms with E-state index in [9.17, 15) is 10.2 Å². The molecule has 0 aromatic rings. The Hall–Kier alpha value is 0.190. The number of hydrogen-bond acceptors (Lipinski definition) is 5. The fraction of sp³-hybridized carbons (Fsp3) is 1.00. The molecule has 176 valence electrons. The second-order valence-corrected chi connectivity index (χ2v) is 11.2. The zero-order valence-corrected chi connectivity index (χ0v) is 20.9. The molecule has 5 N–H and O–H groups in total. The van der Waals surface area contributed by atoms with Crippen LogP contribution >= 0.6 is 11.8 Å². The molecule has 2 atom stereocenters. The van der Waals surface area contributed by atoms with E-state index in [0.29, 0.717) is 12.5 Å². The topological polar surface area (TPSA) is 78.5 Å². The van der Waals surface area contributed by atoms with E-state index in [1.54, 1.807) is 0 Å². The minimum atomic E-state index is -1.33. The quantitative estimate of drug-likeness (QED) is 0.258. The maximum atomic E-state index is 9.71. The average Bonchev–Trinajstić information content (AvgIpc) is 3.55. The maximum absolute atomic E-state index is 9.71. The molecule has 29 heavy (non-hydrogen) atoms. The zero-order valence-electron chi connectivity index (χ0n) is 20.1. The summed E-state index contributed by atoms with van der Waals surface area (Å²) >= 11 is 1.92. The maximum Gasteiger partial charge on any atom is 0.167 e. The van der Waals surface area contributed by atoms with E-state index in [2.05, 4.69) is 39.9 Å². The first kappa shape index (κ1) is 29.2. The number of aliphatic hydroxyl groups excluding tert-OH is 1. The van der Waals surface area contributed by atoms with Crippen molar-refractivity contribution < 1.29 is 10.2 Å². The molecule has 0 heterocycles. The van der Waals surface area contributed by atoms with Crippen molar-refractivity contribution in [3.05, 3.63) is 0 Å². The van der Waals surface area contributed by atoms with Crippen molar-refractivity contribution >= 4 is 11.8 Å².